The van der Waals surface area contributed by atoms with Crippen LogP contribution in [0.2, 0.25) is 0 Å². The van der Waals surface area contributed by atoms with Crippen LogP contribution in [0.5, 0.6) is 0 Å². The molecule has 2 N–H and O–H groups in total. The maximum atomic E-state index is 13.8. The van der Waals surface area contributed by atoms with E-state index in [9.17, 15) is 9.59 Å². The van der Waals surface area contributed by atoms with Gasteiger partial charge in [-0.1, -0.05) is 81.5 Å². The molecule has 3 heterocycles. The molecular weight excluding hydrogens is 549 g/mol. The molecule has 2 saturated heterocycles. The van der Waals surface area contributed by atoms with Crippen LogP contribution in [0, 0.1) is 5.41 Å². The average Bonchev–Trinajstić information content (AvgIpc) is 3.54. The van der Waals surface area contributed by atoms with Crippen LogP contribution < -0.4 is 5.73 Å². The third-order valence-electron chi connectivity index (χ3n) is 8.40. The highest BCUT2D eigenvalue weighted by Gasteiger charge is 2.46. The molecule has 5 rings (SSSR count). The minimum Gasteiger partial charge on any atom is -0.369 e. The van der Waals surface area contributed by atoms with Gasteiger partial charge in [-0.25, -0.2) is 0 Å². The molecule has 1 amide bonds. The van der Waals surface area contributed by atoms with Crippen LogP contribution in [-0.4, -0.2) is 48.9 Å². The lowest BCUT2D eigenvalue weighted by atomic mass is 9.73. The van der Waals surface area contributed by atoms with Crippen molar-refractivity contribution in [1.82, 2.24) is 4.90 Å². The summed E-state index contributed by atoms with van der Waals surface area (Å²) in [7, 11) is 0. The van der Waals surface area contributed by atoms with Gasteiger partial charge in [0.2, 0.25) is 0 Å². The number of carbonyl (C=O) groups is 2. The Hall–Kier alpha value is -2.45. The molecule has 1 aromatic carbocycles. The van der Waals surface area contributed by atoms with E-state index in [2.05, 4.69) is 37.8 Å². The zero-order valence-electron chi connectivity index (χ0n) is 24.7. The molecule has 1 atom stereocenters. The minimum atomic E-state index is -0.0982. The molecule has 220 valence electrons. The number of allylic oxidation sites excluding steroid dienone is 2. The minimum absolute atomic E-state index is 0.0763. The van der Waals surface area contributed by atoms with Gasteiger partial charge in [-0.3, -0.25) is 9.59 Å². The summed E-state index contributed by atoms with van der Waals surface area (Å²) >= 11 is 3.21. The van der Waals surface area contributed by atoms with E-state index in [0.717, 1.165) is 63.6 Å². The van der Waals surface area contributed by atoms with Gasteiger partial charge in [-0.05, 0) is 48.8 Å². The Morgan fingerprint density at radius 1 is 1.22 bits per heavy atom. The number of thiophene rings is 1. The van der Waals surface area contributed by atoms with E-state index in [0.29, 0.717) is 32.7 Å². The SMILES string of the molecule is C=C1C(C=C/C=C(\CC)CN)OCC12CCN(C(=O)c1sc(SCc3ccccc3)c3c1CCCC3=O)CC2.CC. The highest BCUT2D eigenvalue weighted by molar-refractivity contribution is 8.00. The van der Waals surface area contributed by atoms with Gasteiger partial charge in [-0.15, -0.1) is 23.1 Å². The smallest absolute Gasteiger partial charge is 0.264 e. The monoisotopic (exact) mass is 592 g/mol. The van der Waals surface area contributed by atoms with E-state index in [-0.39, 0.29) is 23.2 Å². The van der Waals surface area contributed by atoms with Crippen LogP contribution in [0.1, 0.15) is 84.0 Å². The van der Waals surface area contributed by atoms with Crippen LogP contribution >= 0.6 is 23.1 Å². The highest BCUT2D eigenvalue weighted by Crippen LogP contribution is 2.47. The number of amides is 1. The molecule has 0 saturated carbocycles. The van der Waals surface area contributed by atoms with Gasteiger partial charge in [0.25, 0.3) is 5.91 Å². The predicted octanol–water partition coefficient (Wildman–Crippen LogP) is 7.61. The number of ether oxygens (including phenoxy) is 1. The van der Waals surface area contributed by atoms with Crippen LogP contribution in [0.25, 0.3) is 0 Å². The van der Waals surface area contributed by atoms with Crippen molar-refractivity contribution in [3.8, 4) is 0 Å². The molecule has 1 spiro atoms. The first-order valence-electron chi connectivity index (χ1n) is 15.0. The molecule has 7 heteroatoms. The molecule has 2 aromatic rings. The van der Waals surface area contributed by atoms with Gasteiger partial charge in [0.15, 0.2) is 5.78 Å². The second-order valence-corrected chi connectivity index (χ2v) is 13.0. The number of hydrogen-bond acceptors (Lipinski definition) is 6. The Balaban J connectivity index is 0.00000189. The number of benzene rings is 1. The van der Waals surface area contributed by atoms with E-state index in [1.165, 1.54) is 22.5 Å². The summed E-state index contributed by atoms with van der Waals surface area (Å²) in [5, 5.41) is 0. The molecular formula is C34H44N2O3S2. The van der Waals surface area contributed by atoms with Gasteiger partial charge in [0.05, 0.1) is 21.8 Å². The van der Waals surface area contributed by atoms with Crippen molar-refractivity contribution in [2.75, 3.05) is 26.2 Å². The molecule has 0 radical (unpaired) electrons. The van der Waals surface area contributed by atoms with E-state index in [1.807, 2.05) is 43.0 Å². The maximum Gasteiger partial charge on any atom is 0.264 e. The summed E-state index contributed by atoms with van der Waals surface area (Å²) in [4.78, 5) is 29.5. The number of piperidine rings is 1. The van der Waals surface area contributed by atoms with Crippen molar-refractivity contribution in [3.05, 3.63) is 87.9 Å². The zero-order valence-corrected chi connectivity index (χ0v) is 26.4. The van der Waals surface area contributed by atoms with Crippen molar-refractivity contribution >= 4 is 34.8 Å². The van der Waals surface area contributed by atoms with Gasteiger partial charge >= 0.3 is 0 Å². The lowest BCUT2D eigenvalue weighted by Crippen LogP contribution is -2.44. The maximum absolute atomic E-state index is 13.8. The van der Waals surface area contributed by atoms with E-state index in [4.69, 9.17) is 10.5 Å². The number of carbonyl (C=O) groups excluding carboxylic acids is 2. The molecule has 2 fully saturated rings. The summed E-state index contributed by atoms with van der Waals surface area (Å²) in [6, 6.07) is 10.3. The quantitative estimate of drug-likeness (QED) is 0.194. The summed E-state index contributed by atoms with van der Waals surface area (Å²) in [6.07, 6.45) is 10.9. The lowest BCUT2D eigenvalue weighted by Gasteiger charge is -2.39. The normalized spacial score (nSPS) is 20.3. The zero-order chi connectivity index (χ0) is 29.4. The number of rotatable bonds is 8. The van der Waals surface area contributed by atoms with Crippen LogP contribution in [0.3, 0.4) is 0 Å². The fraction of sp³-hybridized carbons (Fsp3) is 0.471. The van der Waals surface area contributed by atoms with E-state index in [1.54, 1.807) is 11.8 Å². The third kappa shape index (κ3) is 6.96. The molecule has 5 nitrogen and oxygen atoms in total. The molecule has 2 aliphatic heterocycles. The second kappa shape index (κ2) is 14.6. The number of nitrogens with two attached hydrogens (primary N) is 1. The number of hydrogen-bond donors (Lipinski definition) is 1. The van der Waals surface area contributed by atoms with Crippen molar-refractivity contribution in [1.29, 1.82) is 0 Å². The first-order valence-corrected chi connectivity index (χ1v) is 16.8. The number of Topliss-reactive ketones (excluding diaryl/α,β-unsaturated/α-hetero) is 1. The van der Waals surface area contributed by atoms with Crippen LogP contribution in [0.4, 0.5) is 0 Å². The Morgan fingerprint density at radius 3 is 2.63 bits per heavy atom. The van der Waals surface area contributed by atoms with Crippen LogP contribution in [0.15, 0.2) is 70.5 Å². The summed E-state index contributed by atoms with van der Waals surface area (Å²) in [5.41, 5.74) is 11.0. The molecule has 1 aromatic heterocycles. The Bertz CT molecular complexity index is 1280. The Labute approximate surface area is 253 Å². The molecule has 3 aliphatic rings. The summed E-state index contributed by atoms with van der Waals surface area (Å²) < 4.78 is 7.15. The summed E-state index contributed by atoms with van der Waals surface area (Å²) in [5.74, 6) is 1.05. The first-order chi connectivity index (χ1) is 20.0. The first kappa shape index (κ1) is 31.5. The summed E-state index contributed by atoms with van der Waals surface area (Å²) in [6.45, 7) is 13.1. The molecule has 0 bridgehead atoms. The van der Waals surface area contributed by atoms with E-state index >= 15 is 0 Å². The van der Waals surface area contributed by atoms with Gasteiger partial charge in [0.1, 0.15) is 0 Å². The van der Waals surface area contributed by atoms with Crippen molar-refractivity contribution in [3.63, 3.8) is 0 Å². The topological polar surface area (TPSA) is 72.6 Å². The number of likely N-dealkylation sites (tertiary alicyclic amines) is 1. The second-order valence-electron chi connectivity index (χ2n) is 10.7. The fourth-order valence-electron chi connectivity index (χ4n) is 5.80. The molecule has 1 unspecified atom stereocenters. The van der Waals surface area contributed by atoms with Crippen molar-refractivity contribution < 1.29 is 14.3 Å². The number of nitrogens with zero attached hydrogens (tertiary/aromatic N) is 1. The van der Waals surface area contributed by atoms with Gasteiger partial charge in [0, 0.05) is 42.8 Å². The Kier molecular flexibility index (Phi) is 11.2. The number of fused-ring (bicyclic) bond motifs is 1. The predicted molar refractivity (Wildman–Crippen MR) is 172 cm³/mol. The Morgan fingerprint density at radius 2 is 1.95 bits per heavy atom. The van der Waals surface area contributed by atoms with Gasteiger partial charge < -0.3 is 15.4 Å². The molecule has 1 aliphatic carbocycles. The number of ketones is 1. The van der Waals surface area contributed by atoms with Gasteiger partial charge in [-0.2, -0.15) is 0 Å². The lowest BCUT2D eigenvalue weighted by molar-refractivity contribution is 0.0545. The third-order valence-corrected chi connectivity index (χ3v) is 11.0. The largest absolute Gasteiger partial charge is 0.369 e. The fourth-order valence-corrected chi connectivity index (χ4v) is 8.40. The van der Waals surface area contributed by atoms with E-state index < -0.39 is 0 Å². The average molecular weight is 593 g/mol. The highest BCUT2D eigenvalue weighted by atomic mass is 32.2. The van der Waals surface area contributed by atoms with Crippen molar-refractivity contribution in [2.45, 2.75) is 75.4 Å². The van der Waals surface area contributed by atoms with Crippen LogP contribution in [-0.2, 0) is 16.9 Å². The standard InChI is InChI=1S/C32H38N2O3S2.C2H6/c1-3-23(19-33)11-7-14-27-22(2)32(21-37-27)15-17-34(18-16-32)30(36)29-25-12-8-13-26(35)28(25)31(39-29)38-20-24-9-5-4-6-10-24;1-2/h4-7,9-11,14,27H,2-3,8,12-13,15-21,33H2,1H3;1-2H3/b14-7?,23-11+;. The number of thioether (sulfide) groups is 1. The van der Waals surface area contributed by atoms with Crippen molar-refractivity contribution in [2.24, 2.45) is 11.1 Å². The molecule has 41 heavy (non-hydrogen) atoms.